The molecule has 18 heavy (non-hydrogen) atoms. The van der Waals surface area contributed by atoms with Gasteiger partial charge in [-0.15, -0.1) is 0 Å². The number of ether oxygens (including phenoxy) is 1. The zero-order valence-electron chi connectivity index (χ0n) is 9.80. The van der Waals surface area contributed by atoms with E-state index in [1.165, 1.54) is 0 Å². The topological polar surface area (TPSA) is 43.4 Å². The first kappa shape index (κ1) is 14.2. The monoisotopic (exact) mass is 260 g/mol. The summed E-state index contributed by atoms with van der Waals surface area (Å²) >= 11 is 0. The first-order chi connectivity index (χ1) is 8.31. The number of alkyl halides is 3. The minimum atomic E-state index is -4.72. The number of hydrogen-bond donors (Lipinski definition) is 0. The zero-order valence-corrected chi connectivity index (χ0v) is 9.80. The van der Waals surface area contributed by atoms with Crippen molar-refractivity contribution in [1.82, 2.24) is 0 Å². The van der Waals surface area contributed by atoms with E-state index in [0.29, 0.717) is 0 Å². The first-order valence-corrected chi connectivity index (χ1v) is 5.15. The van der Waals surface area contributed by atoms with Gasteiger partial charge in [-0.05, 0) is 26.0 Å². The fourth-order valence-corrected chi connectivity index (χ4v) is 1.60. The Bertz CT molecular complexity index is 478. The predicted octanol–water partition coefficient (Wildman–Crippen LogP) is 3.12. The largest absolute Gasteiger partial charge is 0.494 e. The fraction of sp³-hybridized carbons (Fsp3) is 0.333. The highest BCUT2D eigenvalue weighted by molar-refractivity contribution is 6.03. The Morgan fingerprint density at radius 1 is 1.39 bits per heavy atom. The summed E-state index contributed by atoms with van der Waals surface area (Å²) < 4.78 is 43.4. The summed E-state index contributed by atoms with van der Waals surface area (Å²) in [5, 5.41) is 0. The number of rotatable bonds is 4. The molecule has 0 aliphatic rings. The van der Waals surface area contributed by atoms with Crippen LogP contribution in [0.4, 0.5) is 13.2 Å². The SMILES string of the molecule is CCOc1cc(C=O)c(C(C)=O)c(C(F)(F)F)c1. The Morgan fingerprint density at radius 3 is 2.39 bits per heavy atom. The van der Waals surface area contributed by atoms with Gasteiger partial charge in [-0.25, -0.2) is 0 Å². The first-order valence-electron chi connectivity index (χ1n) is 5.15. The molecule has 0 atom stereocenters. The van der Waals surface area contributed by atoms with E-state index >= 15 is 0 Å². The summed E-state index contributed by atoms with van der Waals surface area (Å²) in [6, 6.07) is 1.86. The minimum Gasteiger partial charge on any atom is -0.494 e. The Labute approximate surface area is 102 Å². The van der Waals surface area contributed by atoms with Crippen LogP contribution in [0.2, 0.25) is 0 Å². The summed E-state index contributed by atoms with van der Waals surface area (Å²) in [6.07, 6.45) is -4.50. The molecule has 3 nitrogen and oxygen atoms in total. The normalized spacial score (nSPS) is 11.2. The number of hydrogen-bond acceptors (Lipinski definition) is 3. The lowest BCUT2D eigenvalue weighted by Crippen LogP contribution is -2.14. The van der Waals surface area contributed by atoms with Crippen molar-refractivity contribution in [3.63, 3.8) is 0 Å². The maximum absolute atomic E-state index is 12.8. The van der Waals surface area contributed by atoms with Crippen LogP contribution in [0.15, 0.2) is 12.1 Å². The van der Waals surface area contributed by atoms with Crippen LogP contribution < -0.4 is 4.74 Å². The van der Waals surface area contributed by atoms with Crippen LogP contribution >= 0.6 is 0 Å². The van der Waals surface area contributed by atoms with Gasteiger partial charge in [0.2, 0.25) is 0 Å². The molecular weight excluding hydrogens is 249 g/mol. The number of carbonyl (C=O) groups is 2. The van der Waals surface area contributed by atoms with Gasteiger partial charge in [-0.2, -0.15) is 13.2 Å². The van der Waals surface area contributed by atoms with Crippen molar-refractivity contribution in [3.8, 4) is 5.75 Å². The van der Waals surface area contributed by atoms with E-state index in [1.54, 1.807) is 6.92 Å². The Balaban J connectivity index is 3.57. The second-order valence-electron chi connectivity index (χ2n) is 3.54. The molecule has 98 valence electrons. The van der Waals surface area contributed by atoms with E-state index in [4.69, 9.17) is 4.74 Å². The molecule has 0 unspecified atom stereocenters. The van der Waals surface area contributed by atoms with Gasteiger partial charge in [0, 0.05) is 11.1 Å². The molecule has 0 heterocycles. The summed E-state index contributed by atoms with van der Waals surface area (Å²) in [6.45, 7) is 2.75. The highest BCUT2D eigenvalue weighted by atomic mass is 19.4. The highest BCUT2D eigenvalue weighted by Gasteiger charge is 2.36. The van der Waals surface area contributed by atoms with Gasteiger partial charge < -0.3 is 4.74 Å². The maximum Gasteiger partial charge on any atom is 0.417 e. The standard InChI is InChI=1S/C12H11F3O3/c1-3-18-9-4-8(6-16)11(7(2)17)10(5-9)12(13,14)15/h4-6H,3H2,1-2H3. The molecule has 1 rings (SSSR count). The van der Waals surface area contributed by atoms with E-state index in [1.807, 2.05) is 0 Å². The highest BCUT2D eigenvalue weighted by Crippen LogP contribution is 2.36. The predicted molar refractivity (Wildman–Crippen MR) is 58.0 cm³/mol. The Morgan fingerprint density at radius 2 is 2.00 bits per heavy atom. The lowest BCUT2D eigenvalue weighted by Gasteiger charge is -2.15. The average molecular weight is 260 g/mol. The molecule has 6 heteroatoms. The van der Waals surface area contributed by atoms with Crippen LogP contribution in [0.25, 0.3) is 0 Å². The summed E-state index contributed by atoms with van der Waals surface area (Å²) in [5.41, 5.74) is -2.09. The quantitative estimate of drug-likeness (QED) is 0.617. The summed E-state index contributed by atoms with van der Waals surface area (Å²) in [4.78, 5) is 22.1. The fourth-order valence-electron chi connectivity index (χ4n) is 1.60. The van der Waals surface area contributed by atoms with Crippen molar-refractivity contribution < 1.29 is 27.5 Å². The minimum absolute atomic E-state index is 0.0862. The number of carbonyl (C=O) groups excluding carboxylic acids is 2. The van der Waals surface area contributed by atoms with Crippen molar-refractivity contribution in [2.75, 3.05) is 6.61 Å². The second kappa shape index (κ2) is 5.20. The van der Waals surface area contributed by atoms with E-state index < -0.39 is 23.1 Å². The van der Waals surface area contributed by atoms with Gasteiger partial charge in [0.1, 0.15) is 5.75 Å². The van der Waals surface area contributed by atoms with Gasteiger partial charge in [0.05, 0.1) is 12.2 Å². The lowest BCUT2D eigenvalue weighted by atomic mass is 9.97. The Kier molecular flexibility index (Phi) is 4.11. The number of halogens is 3. The van der Waals surface area contributed by atoms with Crippen molar-refractivity contribution in [2.24, 2.45) is 0 Å². The van der Waals surface area contributed by atoms with E-state index in [-0.39, 0.29) is 24.2 Å². The molecular formula is C12H11F3O3. The van der Waals surface area contributed by atoms with Crippen molar-refractivity contribution in [2.45, 2.75) is 20.0 Å². The summed E-state index contributed by atoms with van der Waals surface area (Å²) in [5.74, 6) is -0.899. The van der Waals surface area contributed by atoms with E-state index in [9.17, 15) is 22.8 Å². The molecule has 0 aromatic heterocycles. The van der Waals surface area contributed by atoms with Crippen molar-refractivity contribution in [1.29, 1.82) is 0 Å². The molecule has 0 N–H and O–H groups in total. The van der Waals surface area contributed by atoms with Gasteiger partial charge in [-0.3, -0.25) is 9.59 Å². The molecule has 0 aliphatic carbocycles. The van der Waals surface area contributed by atoms with E-state index in [0.717, 1.165) is 19.1 Å². The van der Waals surface area contributed by atoms with Crippen LogP contribution in [0.1, 0.15) is 40.1 Å². The number of benzene rings is 1. The van der Waals surface area contributed by atoms with Crippen LogP contribution in [0, 0.1) is 0 Å². The molecule has 0 amide bonds. The molecule has 0 radical (unpaired) electrons. The van der Waals surface area contributed by atoms with Crippen LogP contribution in [-0.4, -0.2) is 18.7 Å². The molecule has 0 saturated carbocycles. The third-order valence-corrected chi connectivity index (χ3v) is 2.24. The molecule has 0 fully saturated rings. The number of aldehydes is 1. The third kappa shape index (κ3) is 2.88. The second-order valence-corrected chi connectivity index (χ2v) is 3.54. The van der Waals surface area contributed by atoms with Crippen LogP contribution in [0.5, 0.6) is 5.75 Å². The smallest absolute Gasteiger partial charge is 0.417 e. The molecule has 1 aromatic rings. The van der Waals surface area contributed by atoms with Gasteiger partial charge in [0.25, 0.3) is 0 Å². The van der Waals surface area contributed by atoms with Crippen LogP contribution in [0.3, 0.4) is 0 Å². The average Bonchev–Trinajstić information content (AvgIpc) is 2.26. The summed E-state index contributed by atoms with van der Waals surface area (Å²) in [7, 11) is 0. The Hall–Kier alpha value is -1.85. The third-order valence-electron chi connectivity index (χ3n) is 2.24. The molecule has 0 saturated heterocycles. The van der Waals surface area contributed by atoms with E-state index in [2.05, 4.69) is 0 Å². The molecule has 1 aromatic carbocycles. The zero-order chi connectivity index (χ0) is 13.9. The maximum atomic E-state index is 12.8. The van der Waals surface area contributed by atoms with Crippen LogP contribution in [-0.2, 0) is 6.18 Å². The van der Waals surface area contributed by atoms with Crippen molar-refractivity contribution >= 4 is 12.1 Å². The molecule has 0 bridgehead atoms. The number of ketones is 1. The van der Waals surface area contributed by atoms with Crippen molar-refractivity contribution in [3.05, 3.63) is 28.8 Å². The van der Waals surface area contributed by atoms with Gasteiger partial charge in [-0.1, -0.05) is 0 Å². The molecule has 0 spiro atoms. The number of Topliss-reactive ketones (excluding diaryl/α,β-unsaturated/α-hetero) is 1. The van der Waals surface area contributed by atoms with Gasteiger partial charge in [0.15, 0.2) is 12.1 Å². The lowest BCUT2D eigenvalue weighted by molar-refractivity contribution is -0.138. The van der Waals surface area contributed by atoms with Gasteiger partial charge >= 0.3 is 6.18 Å². The molecule has 0 aliphatic heterocycles.